The SMILES string of the molecule is COCCOc1ccc(Br)cc1C(=O)NNC(=O)C1CC(=O)N(Cc2ccco2)C1. The van der Waals surface area contributed by atoms with E-state index in [2.05, 4.69) is 26.8 Å². The van der Waals surface area contributed by atoms with Crippen LogP contribution >= 0.6 is 15.9 Å². The third-order valence-electron chi connectivity index (χ3n) is 4.54. The standard InChI is InChI=1S/C20H22BrN3O6/c1-28-7-8-30-17-5-4-14(21)10-16(17)20(27)23-22-19(26)13-9-18(25)24(11-13)12-15-3-2-6-29-15/h2-6,10,13H,7-9,11-12H2,1H3,(H,22,26)(H,23,27). The van der Waals surface area contributed by atoms with E-state index in [-0.39, 0.29) is 31.0 Å². The van der Waals surface area contributed by atoms with Gasteiger partial charge >= 0.3 is 0 Å². The van der Waals surface area contributed by atoms with E-state index in [1.165, 1.54) is 6.26 Å². The van der Waals surface area contributed by atoms with Crippen LogP contribution in [0.3, 0.4) is 0 Å². The number of nitrogens with one attached hydrogen (secondary N) is 2. The largest absolute Gasteiger partial charge is 0.490 e. The Morgan fingerprint density at radius 2 is 2.10 bits per heavy atom. The summed E-state index contributed by atoms with van der Waals surface area (Å²) < 4.78 is 16.4. The first-order chi connectivity index (χ1) is 14.5. The molecule has 1 aliphatic rings. The number of methoxy groups -OCH3 is 1. The Morgan fingerprint density at radius 3 is 2.83 bits per heavy atom. The third kappa shape index (κ3) is 5.61. The summed E-state index contributed by atoms with van der Waals surface area (Å²) in [4.78, 5) is 38.7. The van der Waals surface area contributed by atoms with Gasteiger partial charge in [-0.15, -0.1) is 0 Å². The van der Waals surface area contributed by atoms with Crippen LogP contribution < -0.4 is 15.6 Å². The molecule has 10 heteroatoms. The maximum absolute atomic E-state index is 12.6. The molecule has 3 amide bonds. The monoisotopic (exact) mass is 479 g/mol. The predicted octanol–water partition coefficient (Wildman–Crippen LogP) is 1.88. The van der Waals surface area contributed by atoms with E-state index < -0.39 is 17.7 Å². The van der Waals surface area contributed by atoms with Crippen molar-refractivity contribution in [3.8, 4) is 5.75 Å². The summed E-state index contributed by atoms with van der Waals surface area (Å²) in [6.45, 7) is 1.21. The molecule has 1 atom stereocenters. The summed E-state index contributed by atoms with van der Waals surface area (Å²) in [6, 6.07) is 8.50. The Bertz CT molecular complexity index is 902. The fraction of sp³-hybridized carbons (Fsp3) is 0.350. The molecule has 0 radical (unpaired) electrons. The van der Waals surface area contributed by atoms with Crippen molar-refractivity contribution in [3.63, 3.8) is 0 Å². The summed E-state index contributed by atoms with van der Waals surface area (Å²) in [5.41, 5.74) is 5.04. The number of carbonyl (C=O) groups is 3. The molecule has 160 valence electrons. The van der Waals surface area contributed by atoms with Crippen molar-refractivity contribution >= 4 is 33.7 Å². The van der Waals surface area contributed by atoms with Crippen molar-refractivity contribution in [2.45, 2.75) is 13.0 Å². The second-order valence-corrected chi connectivity index (χ2v) is 7.60. The molecule has 0 aliphatic carbocycles. The Labute approximate surface area is 181 Å². The Hall–Kier alpha value is -2.85. The lowest BCUT2D eigenvalue weighted by atomic mass is 10.1. The number of carbonyl (C=O) groups excluding carboxylic acids is 3. The van der Waals surface area contributed by atoms with E-state index in [4.69, 9.17) is 13.9 Å². The lowest BCUT2D eigenvalue weighted by Crippen LogP contribution is -2.45. The molecule has 1 aliphatic heterocycles. The van der Waals surface area contributed by atoms with E-state index in [1.54, 1.807) is 42.3 Å². The molecular formula is C20H22BrN3O6. The van der Waals surface area contributed by atoms with Crippen LogP contribution in [-0.4, -0.2) is 49.5 Å². The first kappa shape index (κ1) is 21.8. The second-order valence-electron chi connectivity index (χ2n) is 6.68. The first-order valence-electron chi connectivity index (χ1n) is 9.29. The highest BCUT2D eigenvalue weighted by Crippen LogP contribution is 2.24. The number of hydrazine groups is 1. The van der Waals surface area contributed by atoms with Crippen molar-refractivity contribution < 1.29 is 28.3 Å². The van der Waals surface area contributed by atoms with Crippen LogP contribution in [0.25, 0.3) is 0 Å². The zero-order chi connectivity index (χ0) is 21.5. The molecule has 0 bridgehead atoms. The minimum absolute atomic E-state index is 0.0741. The molecule has 1 saturated heterocycles. The molecule has 1 fully saturated rings. The van der Waals surface area contributed by atoms with Crippen LogP contribution in [0.5, 0.6) is 5.75 Å². The van der Waals surface area contributed by atoms with E-state index in [0.717, 1.165) is 0 Å². The lowest BCUT2D eigenvalue weighted by Gasteiger charge is -2.16. The Kier molecular flexibility index (Phi) is 7.47. The van der Waals surface area contributed by atoms with Crippen molar-refractivity contribution in [1.29, 1.82) is 0 Å². The quantitative estimate of drug-likeness (QED) is 0.441. The molecule has 2 aromatic rings. The molecule has 1 unspecified atom stereocenters. The summed E-state index contributed by atoms with van der Waals surface area (Å²) in [5, 5.41) is 0. The zero-order valence-electron chi connectivity index (χ0n) is 16.4. The molecule has 9 nitrogen and oxygen atoms in total. The van der Waals surface area contributed by atoms with E-state index >= 15 is 0 Å². The highest BCUT2D eigenvalue weighted by atomic mass is 79.9. The van der Waals surface area contributed by atoms with E-state index in [9.17, 15) is 14.4 Å². The number of ether oxygens (including phenoxy) is 2. The van der Waals surface area contributed by atoms with Crippen LogP contribution in [0.15, 0.2) is 45.5 Å². The number of likely N-dealkylation sites (tertiary alicyclic amines) is 1. The molecule has 0 spiro atoms. The van der Waals surface area contributed by atoms with Gasteiger partial charge in [0.1, 0.15) is 18.1 Å². The average molecular weight is 480 g/mol. The van der Waals surface area contributed by atoms with Gasteiger partial charge < -0.3 is 18.8 Å². The number of hydrogen-bond donors (Lipinski definition) is 2. The van der Waals surface area contributed by atoms with Crippen LogP contribution in [0.4, 0.5) is 0 Å². The Morgan fingerprint density at radius 1 is 1.27 bits per heavy atom. The van der Waals surface area contributed by atoms with Gasteiger partial charge in [0, 0.05) is 24.5 Å². The van der Waals surface area contributed by atoms with E-state index in [0.29, 0.717) is 29.1 Å². The molecule has 1 aromatic carbocycles. The van der Waals surface area contributed by atoms with Crippen molar-refractivity contribution in [1.82, 2.24) is 15.8 Å². The highest BCUT2D eigenvalue weighted by Gasteiger charge is 2.34. The van der Waals surface area contributed by atoms with Gasteiger partial charge in [-0.05, 0) is 30.3 Å². The highest BCUT2D eigenvalue weighted by molar-refractivity contribution is 9.10. The predicted molar refractivity (Wildman–Crippen MR) is 109 cm³/mol. The maximum Gasteiger partial charge on any atom is 0.273 e. The van der Waals surface area contributed by atoms with Gasteiger partial charge in [-0.1, -0.05) is 15.9 Å². The lowest BCUT2D eigenvalue weighted by molar-refractivity contribution is -0.129. The molecule has 2 N–H and O–H groups in total. The number of furan rings is 1. The van der Waals surface area contributed by atoms with E-state index in [1.807, 2.05) is 0 Å². The number of benzene rings is 1. The van der Waals surface area contributed by atoms with Gasteiger partial charge in [0.2, 0.25) is 11.8 Å². The van der Waals surface area contributed by atoms with Crippen molar-refractivity contribution in [2.24, 2.45) is 5.92 Å². The molecule has 2 heterocycles. The van der Waals surface area contributed by atoms with Gasteiger partial charge in [0.15, 0.2) is 0 Å². The van der Waals surface area contributed by atoms with Gasteiger partial charge in [0.05, 0.1) is 30.9 Å². The maximum atomic E-state index is 12.6. The van der Waals surface area contributed by atoms with Crippen LogP contribution in [-0.2, 0) is 20.9 Å². The fourth-order valence-corrected chi connectivity index (χ4v) is 3.38. The number of amides is 3. The summed E-state index contributed by atoms with van der Waals surface area (Å²) in [5.74, 6) is -0.660. The number of rotatable bonds is 8. The number of hydrogen-bond acceptors (Lipinski definition) is 6. The Balaban J connectivity index is 1.55. The average Bonchev–Trinajstić information content (AvgIpc) is 3.37. The fourth-order valence-electron chi connectivity index (χ4n) is 3.02. The van der Waals surface area contributed by atoms with Gasteiger partial charge in [0.25, 0.3) is 5.91 Å². The minimum Gasteiger partial charge on any atom is -0.490 e. The minimum atomic E-state index is -0.562. The number of halogens is 1. The molecule has 30 heavy (non-hydrogen) atoms. The summed E-state index contributed by atoms with van der Waals surface area (Å²) >= 11 is 3.32. The van der Waals surface area contributed by atoms with Gasteiger partial charge in [-0.3, -0.25) is 25.2 Å². The normalized spacial score (nSPS) is 15.9. The summed E-state index contributed by atoms with van der Waals surface area (Å²) in [6.07, 6.45) is 1.61. The third-order valence-corrected chi connectivity index (χ3v) is 5.04. The van der Waals surface area contributed by atoms with Gasteiger partial charge in [-0.2, -0.15) is 0 Å². The van der Waals surface area contributed by atoms with Crippen molar-refractivity contribution in [3.05, 3.63) is 52.4 Å². The molecule has 1 aromatic heterocycles. The smallest absolute Gasteiger partial charge is 0.273 e. The zero-order valence-corrected chi connectivity index (χ0v) is 17.9. The molecule has 3 rings (SSSR count). The summed E-state index contributed by atoms with van der Waals surface area (Å²) in [7, 11) is 1.55. The van der Waals surface area contributed by atoms with Crippen LogP contribution in [0.2, 0.25) is 0 Å². The number of nitrogens with zero attached hydrogens (tertiary/aromatic N) is 1. The topological polar surface area (TPSA) is 110 Å². The molecular weight excluding hydrogens is 458 g/mol. The van der Waals surface area contributed by atoms with Crippen LogP contribution in [0.1, 0.15) is 22.5 Å². The first-order valence-corrected chi connectivity index (χ1v) is 10.1. The van der Waals surface area contributed by atoms with Crippen molar-refractivity contribution in [2.75, 3.05) is 26.9 Å². The second kappa shape index (κ2) is 10.3. The van der Waals surface area contributed by atoms with Crippen LogP contribution in [0, 0.1) is 5.92 Å². The molecule has 0 saturated carbocycles. The van der Waals surface area contributed by atoms with Gasteiger partial charge in [-0.25, -0.2) is 0 Å².